The van der Waals surface area contributed by atoms with E-state index in [0.29, 0.717) is 17.9 Å². The van der Waals surface area contributed by atoms with Crippen LogP contribution in [-0.4, -0.2) is 26.2 Å². The van der Waals surface area contributed by atoms with Crippen molar-refractivity contribution in [3.63, 3.8) is 0 Å². The first-order valence-electron chi connectivity index (χ1n) is 8.55. The molecule has 0 aliphatic carbocycles. The molecule has 0 aliphatic rings. The van der Waals surface area contributed by atoms with Crippen molar-refractivity contribution in [3.8, 4) is 11.3 Å². The van der Waals surface area contributed by atoms with Crippen LogP contribution in [0.15, 0.2) is 59.3 Å². The summed E-state index contributed by atoms with van der Waals surface area (Å²) in [7, 11) is 0. The standard InChI is InChI=1S/C20H16BrFN4O2/c21-13-3-6-16-15(8-13)12(9-23-16)7-17(26-20(27)28)19-24-10-18(25-19)11-1-4-14(22)5-2-11/h1-6,8-10,17,23,26H,7H2,(H,24,25)(H,27,28). The lowest BCUT2D eigenvalue weighted by Crippen LogP contribution is -2.29. The quantitative estimate of drug-likeness (QED) is 0.349. The second-order valence-corrected chi connectivity index (χ2v) is 7.31. The van der Waals surface area contributed by atoms with Crippen molar-refractivity contribution < 1.29 is 14.3 Å². The number of hydrogen-bond donors (Lipinski definition) is 4. The summed E-state index contributed by atoms with van der Waals surface area (Å²) < 4.78 is 14.1. The lowest BCUT2D eigenvalue weighted by molar-refractivity contribution is 0.189. The molecule has 0 saturated carbocycles. The fraction of sp³-hybridized carbons (Fsp3) is 0.100. The number of rotatable bonds is 5. The van der Waals surface area contributed by atoms with Gasteiger partial charge in [0.1, 0.15) is 11.6 Å². The number of halogens is 2. The lowest BCUT2D eigenvalue weighted by atomic mass is 10.0. The molecule has 1 amide bonds. The third-order valence-corrected chi connectivity index (χ3v) is 5.03. The fourth-order valence-electron chi connectivity index (χ4n) is 3.19. The van der Waals surface area contributed by atoms with Crippen molar-refractivity contribution >= 4 is 32.9 Å². The maximum absolute atomic E-state index is 13.1. The SMILES string of the molecule is O=C(O)NC(Cc1c[nH]c2ccc(Br)cc12)c1ncc(-c2ccc(F)cc2)[nH]1. The highest BCUT2D eigenvalue weighted by molar-refractivity contribution is 9.10. The Labute approximate surface area is 167 Å². The van der Waals surface area contributed by atoms with E-state index in [9.17, 15) is 14.3 Å². The molecule has 0 aliphatic heterocycles. The number of hydrogen-bond acceptors (Lipinski definition) is 2. The maximum Gasteiger partial charge on any atom is 0.405 e. The van der Waals surface area contributed by atoms with Gasteiger partial charge < -0.3 is 20.4 Å². The summed E-state index contributed by atoms with van der Waals surface area (Å²) in [4.78, 5) is 22.0. The number of nitrogens with zero attached hydrogens (tertiary/aromatic N) is 1. The van der Waals surface area contributed by atoms with Crippen molar-refractivity contribution in [2.24, 2.45) is 0 Å². The van der Waals surface area contributed by atoms with Crippen molar-refractivity contribution in [2.75, 3.05) is 0 Å². The highest BCUT2D eigenvalue weighted by atomic mass is 79.9. The van der Waals surface area contributed by atoms with Crippen molar-refractivity contribution in [1.82, 2.24) is 20.3 Å². The third kappa shape index (κ3) is 3.77. The Morgan fingerprint density at radius 1 is 1.25 bits per heavy atom. The second kappa shape index (κ2) is 7.47. The highest BCUT2D eigenvalue weighted by Gasteiger charge is 2.20. The van der Waals surface area contributed by atoms with Gasteiger partial charge in [-0.15, -0.1) is 0 Å². The number of fused-ring (bicyclic) bond motifs is 1. The second-order valence-electron chi connectivity index (χ2n) is 6.40. The monoisotopic (exact) mass is 442 g/mol. The zero-order valence-electron chi connectivity index (χ0n) is 14.5. The smallest absolute Gasteiger partial charge is 0.405 e. The van der Waals surface area contributed by atoms with Crippen LogP contribution in [0.5, 0.6) is 0 Å². The molecule has 1 atom stereocenters. The number of H-pyrrole nitrogens is 2. The molecule has 0 saturated heterocycles. The molecule has 28 heavy (non-hydrogen) atoms. The molecule has 4 N–H and O–H groups in total. The van der Waals surface area contributed by atoms with Gasteiger partial charge in [0.2, 0.25) is 0 Å². The van der Waals surface area contributed by atoms with Gasteiger partial charge in [-0.1, -0.05) is 15.9 Å². The van der Waals surface area contributed by atoms with E-state index < -0.39 is 12.1 Å². The van der Waals surface area contributed by atoms with Crippen LogP contribution in [0.1, 0.15) is 17.4 Å². The van der Waals surface area contributed by atoms with Gasteiger partial charge in [0, 0.05) is 28.0 Å². The van der Waals surface area contributed by atoms with Gasteiger partial charge in [-0.3, -0.25) is 0 Å². The van der Waals surface area contributed by atoms with Gasteiger partial charge in [0.05, 0.1) is 17.9 Å². The van der Waals surface area contributed by atoms with E-state index >= 15 is 0 Å². The van der Waals surface area contributed by atoms with Crippen molar-refractivity contribution in [1.29, 1.82) is 0 Å². The predicted molar refractivity (Wildman–Crippen MR) is 108 cm³/mol. The van der Waals surface area contributed by atoms with Crippen LogP contribution in [0, 0.1) is 5.82 Å². The number of imidazole rings is 1. The minimum Gasteiger partial charge on any atom is -0.465 e. The molecule has 2 aromatic heterocycles. The Morgan fingerprint density at radius 2 is 2.04 bits per heavy atom. The number of aromatic nitrogens is 3. The topological polar surface area (TPSA) is 93.8 Å². The molecule has 0 radical (unpaired) electrons. The van der Waals surface area contributed by atoms with E-state index in [1.54, 1.807) is 18.3 Å². The molecular weight excluding hydrogens is 427 g/mol. The molecule has 0 fully saturated rings. The minimum atomic E-state index is -1.13. The van der Waals surface area contributed by atoms with E-state index in [-0.39, 0.29) is 5.82 Å². The minimum absolute atomic E-state index is 0.320. The number of carboxylic acid groups (broad SMARTS) is 1. The molecule has 142 valence electrons. The van der Waals surface area contributed by atoms with Gasteiger partial charge in [-0.2, -0.15) is 0 Å². The van der Waals surface area contributed by atoms with Crippen LogP contribution < -0.4 is 5.32 Å². The number of benzene rings is 2. The van der Waals surface area contributed by atoms with Gasteiger partial charge in [0.25, 0.3) is 0 Å². The molecule has 1 unspecified atom stereocenters. The van der Waals surface area contributed by atoms with E-state index in [4.69, 9.17) is 0 Å². The van der Waals surface area contributed by atoms with E-state index in [1.165, 1.54) is 12.1 Å². The van der Waals surface area contributed by atoms with Crippen LogP contribution in [0.4, 0.5) is 9.18 Å². The molecule has 2 aromatic carbocycles. The number of amides is 1. The van der Waals surface area contributed by atoms with Crippen molar-refractivity contribution in [2.45, 2.75) is 12.5 Å². The zero-order valence-corrected chi connectivity index (χ0v) is 16.1. The molecule has 0 bridgehead atoms. The predicted octanol–water partition coefficient (Wildman–Crippen LogP) is 5.01. The van der Waals surface area contributed by atoms with Gasteiger partial charge in [0.15, 0.2) is 0 Å². The first kappa shape index (κ1) is 18.2. The van der Waals surface area contributed by atoms with E-state index in [1.807, 2.05) is 24.4 Å². The summed E-state index contributed by atoms with van der Waals surface area (Å²) in [6.45, 7) is 0. The Morgan fingerprint density at radius 3 is 2.79 bits per heavy atom. The third-order valence-electron chi connectivity index (χ3n) is 4.53. The molecule has 2 heterocycles. The Balaban J connectivity index is 1.65. The van der Waals surface area contributed by atoms with Crippen LogP contribution in [0.3, 0.4) is 0 Å². The number of carbonyl (C=O) groups is 1. The zero-order chi connectivity index (χ0) is 19.7. The highest BCUT2D eigenvalue weighted by Crippen LogP contribution is 2.27. The average molecular weight is 443 g/mol. The van der Waals surface area contributed by atoms with Gasteiger partial charge >= 0.3 is 6.09 Å². The maximum atomic E-state index is 13.1. The molecule has 6 nitrogen and oxygen atoms in total. The van der Waals surface area contributed by atoms with Crippen LogP contribution in [0.25, 0.3) is 22.2 Å². The molecule has 0 spiro atoms. The Bertz CT molecular complexity index is 1140. The summed E-state index contributed by atoms with van der Waals surface area (Å²) in [5.74, 6) is 0.172. The fourth-order valence-corrected chi connectivity index (χ4v) is 3.56. The first-order chi connectivity index (χ1) is 13.5. The van der Waals surface area contributed by atoms with Crippen LogP contribution in [0.2, 0.25) is 0 Å². The summed E-state index contributed by atoms with van der Waals surface area (Å²) in [6.07, 6.45) is 2.77. The summed E-state index contributed by atoms with van der Waals surface area (Å²) in [5.41, 5.74) is 3.40. The van der Waals surface area contributed by atoms with Gasteiger partial charge in [-0.05, 0) is 53.6 Å². The Hall–Kier alpha value is -3.13. The van der Waals surface area contributed by atoms with Crippen LogP contribution in [-0.2, 0) is 6.42 Å². The molecule has 8 heteroatoms. The van der Waals surface area contributed by atoms with Crippen molar-refractivity contribution in [3.05, 3.63) is 76.5 Å². The van der Waals surface area contributed by atoms with E-state index in [2.05, 4.69) is 36.2 Å². The molecule has 4 aromatic rings. The largest absolute Gasteiger partial charge is 0.465 e. The van der Waals surface area contributed by atoms with Gasteiger partial charge in [-0.25, -0.2) is 14.2 Å². The Kier molecular flexibility index (Phi) is 4.87. The normalized spacial score (nSPS) is 12.2. The molecular formula is C20H16BrFN4O2. The lowest BCUT2D eigenvalue weighted by Gasteiger charge is -2.14. The molecule has 4 rings (SSSR count). The number of nitrogens with one attached hydrogen (secondary N) is 3. The van der Waals surface area contributed by atoms with Crippen LogP contribution >= 0.6 is 15.9 Å². The first-order valence-corrected chi connectivity index (χ1v) is 9.35. The average Bonchev–Trinajstić information content (AvgIpc) is 3.29. The summed E-state index contributed by atoms with van der Waals surface area (Å²) in [6, 6.07) is 11.3. The summed E-state index contributed by atoms with van der Waals surface area (Å²) >= 11 is 3.47. The van der Waals surface area contributed by atoms with E-state index in [0.717, 1.165) is 26.5 Å². The summed E-state index contributed by atoms with van der Waals surface area (Å²) in [5, 5.41) is 12.8. The number of aromatic amines is 2.